The second-order valence-electron chi connectivity index (χ2n) is 12.6. The van der Waals surface area contributed by atoms with Gasteiger partial charge in [-0.2, -0.15) is 0 Å². The van der Waals surface area contributed by atoms with Crippen LogP contribution in [-0.2, 0) is 25.7 Å². The SMILES string of the molecule is COc1cc2c(cc1OC)C(Cc1ccc(Oc3cc4c(cc3O)-c3c(OC)c(OC)cc5c3C(C4)N(C)CC5)cc1)N(C)CC2. The van der Waals surface area contributed by atoms with E-state index < -0.39 is 0 Å². The largest absolute Gasteiger partial charge is 0.504 e. The number of hydrogen-bond acceptors (Lipinski definition) is 8. The average Bonchev–Trinajstić information content (AvgIpc) is 3.07. The summed E-state index contributed by atoms with van der Waals surface area (Å²) >= 11 is 0. The first-order valence-electron chi connectivity index (χ1n) is 15.9. The van der Waals surface area contributed by atoms with Crippen LogP contribution < -0.4 is 23.7 Å². The molecular formula is C38H42N2O6. The summed E-state index contributed by atoms with van der Waals surface area (Å²) in [6.07, 6.45) is 3.60. The van der Waals surface area contributed by atoms with Gasteiger partial charge in [-0.1, -0.05) is 12.1 Å². The van der Waals surface area contributed by atoms with Crippen molar-refractivity contribution in [2.24, 2.45) is 0 Å². The zero-order chi connectivity index (χ0) is 32.1. The van der Waals surface area contributed by atoms with Crippen LogP contribution in [0.1, 0.15) is 45.5 Å². The van der Waals surface area contributed by atoms with Crippen LogP contribution in [0.2, 0.25) is 0 Å². The number of fused-ring (bicyclic) bond motifs is 3. The molecule has 0 aromatic heterocycles. The van der Waals surface area contributed by atoms with Crippen molar-refractivity contribution in [1.29, 1.82) is 0 Å². The number of nitrogens with zero attached hydrogens (tertiary/aromatic N) is 2. The smallest absolute Gasteiger partial charge is 0.169 e. The predicted molar refractivity (Wildman–Crippen MR) is 178 cm³/mol. The molecule has 2 heterocycles. The van der Waals surface area contributed by atoms with Crippen LogP contribution in [0, 0.1) is 0 Å². The quantitative estimate of drug-likeness (QED) is 0.232. The molecule has 0 fully saturated rings. The molecule has 7 rings (SSSR count). The monoisotopic (exact) mass is 622 g/mol. The standard InChI is InChI=1S/C38H42N2O6/c1-39-13-11-23-17-33(42-3)34(43-4)21-27(23)29(39)15-22-7-9-26(10-8-22)46-32-19-25-16-30-36-24(12-14-40(30)2)18-35(44-5)38(45-6)37(36)28(25)20-31(32)41/h7-10,17-21,29-30,41H,11-16H2,1-6H3. The molecule has 0 radical (unpaired) electrons. The second kappa shape index (κ2) is 12.1. The van der Waals surface area contributed by atoms with Crippen LogP contribution in [0.5, 0.6) is 40.2 Å². The van der Waals surface area contributed by atoms with Crippen LogP contribution in [0.25, 0.3) is 11.1 Å². The van der Waals surface area contributed by atoms with Crippen molar-refractivity contribution in [1.82, 2.24) is 9.80 Å². The number of phenols is 1. The lowest BCUT2D eigenvalue weighted by molar-refractivity contribution is 0.226. The summed E-state index contributed by atoms with van der Waals surface area (Å²) in [7, 11) is 11.1. The van der Waals surface area contributed by atoms with Gasteiger partial charge in [-0.15, -0.1) is 0 Å². The molecule has 8 heteroatoms. The molecule has 2 unspecified atom stereocenters. The van der Waals surface area contributed by atoms with Crippen molar-refractivity contribution in [3.8, 4) is 51.4 Å². The van der Waals surface area contributed by atoms with Gasteiger partial charge in [0.25, 0.3) is 0 Å². The summed E-state index contributed by atoms with van der Waals surface area (Å²) < 4.78 is 29.1. The fraction of sp³-hybridized carbons (Fsp3) is 0.368. The van der Waals surface area contributed by atoms with Crippen molar-refractivity contribution in [2.75, 3.05) is 55.6 Å². The van der Waals surface area contributed by atoms with E-state index in [0.717, 1.165) is 67.0 Å². The number of ether oxygens (including phenoxy) is 5. The minimum atomic E-state index is 0.0916. The molecule has 1 N–H and O–H groups in total. The van der Waals surface area contributed by atoms with Crippen LogP contribution >= 0.6 is 0 Å². The highest BCUT2D eigenvalue weighted by atomic mass is 16.5. The van der Waals surface area contributed by atoms with Gasteiger partial charge in [0.2, 0.25) is 0 Å². The highest BCUT2D eigenvalue weighted by molar-refractivity contribution is 5.85. The maximum absolute atomic E-state index is 11.2. The van der Waals surface area contributed by atoms with Gasteiger partial charge in [0.1, 0.15) is 5.75 Å². The Morgan fingerprint density at radius 1 is 0.717 bits per heavy atom. The molecule has 0 bridgehead atoms. The minimum Gasteiger partial charge on any atom is -0.504 e. The molecule has 8 nitrogen and oxygen atoms in total. The minimum absolute atomic E-state index is 0.0916. The summed E-state index contributed by atoms with van der Waals surface area (Å²) in [6, 6.07) is 18.8. The average molecular weight is 623 g/mol. The maximum atomic E-state index is 11.2. The molecule has 2 atom stereocenters. The van der Waals surface area contributed by atoms with Crippen LogP contribution in [0.3, 0.4) is 0 Å². The van der Waals surface area contributed by atoms with Crippen LogP contribution in [-0.4, -0.2) is 70.5 Å². The molecule has 240 valence electrons. The van der Waals surface area contributed by atoms with E-state index in [9.17, 15) is 5.11 Å². The summed E-state index contributed by atoms with van der Waals surface area (Å²) in [6.45, 7) is 1.95. The molecule has 1 aliphatic carbocycles. The highest BCUT2D eigenvalue weighted by Crippen LogP contribution is 2.54. The van der Waals surface area contributed by atoms with Gasteiger partial charge in [-0.3, -0.25) is 9.80 Å². The molecule has 2 aliphatic heterocycles. The molecule has 4 aromatic carbocycles. The van der Waals surface area contributed by atoms with Gasteiger partial charge in [0, 0.05) is 30.7 Å². The fourth-order valence-electron chi connectivity index (χ4n) is 7.61. The Kier molecular flexibility index (Phi) is 7.95. The zero-order valence-corrected chi connectivity index (χ0v) is 27.5. The van der Waals surface area contributed by atoms with Gasteiger partial charge in [-0.05, 0) is 121 Å². The molecule has 0 saturated heterocycles. The van der Waals surface area contributed by atoms with Crippen molar-refractivity contribution in [3.63, 3.8) is 0 Å². The lowest BCUT2D eigenvalue weighted by atomic mass is 9.76. The molecule has 0 amide bonds. The van der Waals surface area contributed by atoms with Crippen molar-refractivity contribution < 1.29 is 28.8 Å². The molecule has 0 saturated carbocycles. The van der Waals surface area contributed by atoms with E-state index in [0.29, 0.717) is 23.0 Å². The lowest BCUT2D eigenvalue weighted by Crippen LogP contribution is -2.35. The third-order valence-corrected chi connectivity index (χ3v) is 10.1. The summed E-state index contributed by atoms with van der Waals surface area (Å²) in [5.74, 6) is 4.16. The van der Waals surface area contributed by atoms with Gasteiger partial charge >= 0.3 is 0 Å². The number of likely N-dealkylation sites (N-methyl/N-ethyl adjacent to an activating group) is 2. The first-order chi connectivity index (χ1) is 22.3. The van der Waals surface area contributed by atoms with Gasteiger partial charge in [-0.25, -0.2) is 0 Å². The highest BCUT2D eigenvalue weighted by Gasteiger charge is 2.37. The topological polar surface area (TPSA) is 72.9 Å². The lowest BCUT2D eigenvalue weighted by Gasteiger charge is -2.40. The normalized spacial score (nSPS) is 18.7. The van der Waals surface area contributed by atoms with E-state index in [-0.39, 0.29) is 17.8 Å². The van der Waals surface area contributed by atoms with Crippen molar-refractivity contribution in [2.45, 2.75) is 37.8 Å². The molecule has 0 spiro atoms. The van der Waals surface area contributed by atoms with E-state index in [1.807, 2.05) is 24.3 Å². The number of methoxy groups -OCH3 is 4. The third kappa shape index (κ3) is 5.10. The number of aromatic hydroxyl groups is 1. The number of hydrogen-bond donors (Lipinski definition) is 1. The third-order valence-electron chi connectivity index (χ3n) is 10.1. The second-order valence-corrected chi connectivity index (χ2v) is 12.6. The van der Waals surface area contributed by atoms with Crippen LogP contribution in [0.4, 0.5) is 0 Å². The van der Waals surface area contributed by atoms with E-state index in [2.05, 4.69) is 54.2 Å². The Balaban J connectivity index is 1.16. The van der Waals surface area contributed by atoms with E-state index in [4.69, 9.17) is 23.7 Å². The van der Waals surface area contributed by atoms with Crippen molar-refractivity contribution >= 4 is 0 Å². The van der Waals surface area contributed by atoms with Gasteiger partial charge in [0.05, 0.1) is 28.4 Å². The number of benzene rings is 4. The van der Waals surface area contributed by atoms with Crippen molar-refractivity contribution in [3.05, 3.63) is 88.0 Å². The summed E-state index contributed by atoms with van der Waals surface area (Å²) in [4.78, 5) is 4.81. The van der Waals surface area contributed by atoms with Gasteiger partial charge < -0.3 is 28.8 Å². The Hall–Kier alpha value is -4.40. The Morgan fingerprint density at radius 2 is 1.37 bits per heavy atom. The Bertz CT molecular complexity index is 1790. The molecule has 4 aromatic rings. The number of phenolic OH excluding ortho intramolecular Hbond substituents is 1. The van der Waals surface area contributed by atoms with E-state index in [1.54, 1.807) is 28.4 Å². The zero-order valence-electron chi connectivity index (χ0n) is 27.5. The molecule has 3 aliphatic rings. The first kappa shape index (κ1) is 30.3. The summed E-state index contributed by atoms with van der Waals surface area (Å²) in [5, 5.41) is 11.2. The van der Waals surface area contributed by atoms with E-state index >= 15 is 0 Å². The number of rotatable bonds is 8. The summed E-state index contributed by atoms with van der Waals surface area (Å²) in [5.41, 5.74) is 9.41. The maximum Gasteiger partial charge on any atom is 0.169 e. The predicted octanol–water partition coefficient (Wildman–Crippen LogP) is 6.74. The van der Waals surface area contributed by atoms with E-state index in [1.165, 1.54) is 27.8 Å². The van der Waals surface area contributed by atoms with Crippen LogP contribution in [0.15, 0.2) is 54.6 Å². The fourth-order valence-corrected chi connectivity index (χ4v) is 7.61. The van der Waals surface area contributed by atoms with Gasteiger partial charge in [0.15, 0.2) is 34.5 Å². The Morgan fingerprint density at radius 3 is 2.09 bits per heavy atom. The first-order valence-corrected chi connectivity index (χ1v) is 15.9. The molecule has 46 heavy (non-hydrogen) atoms. The Labute approximate surface area is 271 Å². The molecular weight excluding hydrogens is 580 g/mol.